The molecule has 5 heteroatoms. The Hall–Kier alpha value is -3.62. The molecule has 0 aliphatic carbocycles. The first-order chi connectivity index (χ1) is 13.7. The van der Waals surface area contributed by atoms with E-state index < -0.39 is 0 Å². The van der Waals surface area contributed by atoms with Gasteiger partial charge >= 0.3 is 0 Å². The van der Waals surface area contributed by atoms with Crippen molar-refractivity contribution in [3.63, 3.8) is 0 Å². The van der Waals surface area contributed by atoms with Crippen LogP contribution in [0.3, 0.4) is 0 Å². The van der Waals surface area contributed by atoms with Crippen LogP contribution in [0.5, 0.6) is 5.75 Å². The number of hydrogen-bond donors (Lipinski definition) is 1. The highest BCUT2D eigenvalue weighted by Gasteiger charge is 2.17. The van der Waals surface area contributed by atoms with Gasteiger partial charge in [-0.2, -0.15) is 5.26 Å². The Kier molecular flexibility index (Phi) is 4.56. The minimum absolute atomic E-state index is 0.0116. The zero-order chi connectivity index (χ0) is 19.7. The maximum atomic E-state index is 9.51. The lowest BCUT2D eigenvalue weighted by Crippen LogP contribution is -1.99. The molecule has 2 aromatic heterocycles. The van der Waals surface area contributed by atoms with Gasteiger partial charge < -0.3 is 9.84 Å². The predicted octanol–water partition coefficient (Wildman–Crippen LogP) is 4.35. The van der Waals surface area contributed by atoms with E-state index in [4.69, 9.17) is 10.00 Å². The number of aliphatic hydroxyl groups is 1. The zero-order valence-electron chi connectivity index (χ0n) is 15.7. The Balaban J connectivity index is 2.04. The standard InChI is InChI=1S/C23H19N3O2/c1-15-9-18(7-8-19(15)13-27)23-20(17-5-3-16(11-24)4-6-17)10-22(28-2)21-12-25-14-26(21)23/h3-10,12,14,27H,13H2,1-2H3. The highest BCUT2D eigenvalue weighted by Crippen LogP contribution is 2.38. The number of aliphatic hydroxyl groups excluding tert-OH is 1. The van der Waals surface area contributed by atoms with Gasteiger partial charge in [0.25, 0.3) is 0 Å². The van der Waals surface area contributed by atoms with E-state index in [0.29, 0.717) is 5.56 Å². The van der Waals surface area contributed by atoms with Gasteiger partial charge in [0.05, 0.1) is 43.6 Å². The molecule has 1 N–H and O–H groups in total. The molecule has 2 aromatic carbocycles. The average Bonchev–Trinajstić information content (AvgIpc) is 3.22. The van der Waals surface area contributed by atoms with Gasteiger partial charge in [-0.1, -0.05) is 24.3 Å². The topological polar surface area (TPSA) is 70.5 Å². The van der Waals surface area contributed by atoms with Crippen molar-refractivity contribution in [3.8, 4) is 34.2 Å². The Bertz CT molecular complexity index is 1200. The molecule has 0 spiro atoms. The summed E-state index contributed by atoms with van der Waals surface area (Å²) in [6.07, 6.45) is 3.55. The minimum atomic E-state index is 0.0116. The highest BCUT2D eigenvalue weighted by molar-refractivity contribution is 5.86. The number of hydrogen-bond acceptors (Lipinski definition) is 4. The first kappa shape index (κ1) is 17.8. The number of aromatic nitrogens is 2. The van der Waals surface area contributed by atoms with Crippen molar-refractivity contribution in [1.82, 2.24) is 9.38 Å². The van der Waals surface area contributed by atoms with Gasteiger partial charge in [-0.05, 0) is 53.4 Å². The van der Waals surface area contributed by atoms with E-state index in [1.165, 1.54) is 0 Å². The molecule has 0 fully saturated rings. The van der Waals surface area contributed by atoms with Crippen molar-refractivity contribution in [2.24, 2.45) is 0 Å². The normalized spacial score (nSPS) is 10.8. The monoisotopic (exact) mass is 369 g/mol. The third-order valence-corrected chi connectivity index (χ3v) is 4.99. The van der Waals surface area contributed by atoms with Crippen LogP contribution < -0.4 is 4.74 Å². The largest absolute Gasteiger partial charge is 0.494 e. The van der Waals surface area contributed by atoms with Crippen LogP contribution in [0, 0.1) is 18.3 Å². The molecule has 138 valence electrons. The number of rotatable bonds is 4. The van der Waals surface area contributed by atoms with E-state index in [2.05, 4.69) is 17.1 Å². The molecule has 0 radical (unpaired) electrons. The Labute approximate surface area is 163 Å². The van der Waals surface area contributed by atoms with Crippen molar-refractivity contribution >= 4 is 5.52 Å². The van der Waals surface area contributed by atoms with Crippen molar-refractivity contribution in [2.75, 3.05) is 7.11 Å². The molecule has 0 amide bonds. The first-order valence-corrected chi connectivity index (χ1v) is 8.90. The fourth-order valence-corrected chi connectivity index (χ4v) is 3.48. The molecule has 0 atom stereocenters. The van der Waals surface area contributed by atoms with Gasteiger partial charge in [-0.15, -0.1) is 0 Å². The van der Waals surface area contributed by atoms with Gasteiger partial charge in [0, 0.05) is 5.56 Å². The number of ether oxygens (including phenoxy) is 1. The quantitative estimate of drug-likeness (QED) is 0.581. The molecule has 2 heterocycles. The molecule has 5 nitrogen and oxygen atoms in total. The average molecular weight is 369 g/mol. The molecule has 0 aliphatic heterocycles. The maximum Gasteiger partial charge on any atom is 0.145 e. The summed E-state index contributed by atoms with van der Waals surface area (Å²) in [5, 5.41) is 18.6. The summed E-state index contributed by atoms with van der Waals surface area (Å²) >= 11 is 0. The summed E-state index contributed by atoms with van der Waals surface area (Å²) in [6, 6.07) is 17.7. The lowest BCUT2D eigenvalue weighted by molar-refractivity contribution is 0.281. The summed E-state index contributed by atoms with van der Waals surface area (Å²) in [4.78, 5) is 4.31. The zero-order valence-corrected chi connectivity index (χ0v) is 15.7. The van der Waals surface area contributed by atoms with Crippen LogP contribution in [0.4, 0.5) is 0 Å². The molecule has 28 heavy (non-hydrogen) atoms. The number of methoxy groups -OCH3 is 1. The second-order valence-corrected chi connectivity index (χ2v) is 6.61. The fraction of sp³-hybridized carbons (Fsp3) is 0.130. The Morgan fingerprint density at radius 1 is 1.11 bits per heavy atom. The minimum Gasteiger partial charge on any atom is -0.494 e. The number of aryl methyl sites for hydroxylation is 1. The molecule has 0 saturated heterocycles. The molecular weight excluding hydrogens is 350 g/mol. The number of nitrogens with zero attached hydrogens (tertiary/aromatic N) is 3. The molecule has 4 rings (SSSR count). The number of pyridine rings is 1. The third-order valence-electron chi connectivity index (χ3n) is 4.99. The second kappa shape index (κ2) is 7.18. The molecule has 0 unspecified atom stereocenters. The SMILES string of the molecule is COc1cc(-c2ccc(C#N)cc2)c(-c2ccc(CO)c(C)c2)n2cncc12. The van der Waals surface area contributed by atoms with E-state index in [-0.39, 0.29) is 6.61 Å². The molecule has 0 saturated carbocycles. The molecular formula is C23H19N3O2. The van der Waals surface area contributed by atoms with Crippen molar-refractivity contribution < 1.29 is 9.84 Å². The van der Waals surface area contributed by atoms with Crippen LogP contribution >= 0.6 is 0 Å². The summed E-state index contributed by atoms with van der Waals surface area (Å²) < 4.78 is 7.61. The number of fused-ring (bicyclic) bond motifs is 1. The summed E-state index contributed by atoms with van der Waals surface area (Å²) in [5.74, 6) is 0.726. The molecule has 4 aromatic rings. The van der Waals surface area contributed by atoms with Gasteiger partial charge in [-0.25, -0.2) is 4.98 Å². The van der Waals surface area contributed by atoms with Crippen molar-refractivity contribution in [1.29, 1.82) is 5.26 Å². The molecule has 0 bridgehead atoms. The van der Waals surface area contributed by atoms with E-state index in [1.807, 2.05) is 53.8 Å². The van der Waals surface area contributed by atoms with Crippen molar-refractivity contribution in [2.45, 2.75) is 13.5 Å². The number of imidazole rings is 1. The number of benzene rings is 2. The Morgan fingerprint density at radius 2 is 1.86 bits per heavy atom. The Morgan fingerprint density at radius 3 is 2.50 bits per heavy atom. The second-order valence-electron chi connectivity index (χ2n) is 6.61. The van der Waals surface area contributed by atoms with Gasteiger partial charge in [0.15, 0.2) is 0 Å². The van der Waals surface area contributed by atoms with Gasteiger partial charge in [-0.3, -0.25) is 4.40 Å². The molecule has 0 aliphatic rings. The highest BCUT2D eigenvalue weighted by atomic mass is 16.5. The summed E-state index contributed by atoms with van der Waals surface area (Å²) in [7, 11) is 1.64. The van der Waals surface area contributed by atoms with E-state index in [1.54, 1.807) is 19.6 Å². The van der Waals surface area contributed by atoms with Crippen molar-refractivity contribution in [3.05, 3.63) is 77.7 Å². The maximum absolute atomic E-state index is 9.51. The van der Waals surface area contributed by atoms with Crippen LogP contribution in [0.1, 0.15) is 16.7 Å². The predicted molar refractivity (Wildman–Crippen MR) is 108 cm³/mol. The van der Waals surface area contributed by atoms with Crippen LogP contribution in [-0.4, -0.2) is 21.6 Å². The van der Waals surface area contributed by atoms with E-state index >= 15 is 0 Å². The lowest BCUT2D eigenvalue weighted by atomic mass is 9.95. The van der Waals surface area contributed by atoms with Crippen LogP contribution in [0.25, 0.3) is 27.9 Å². The number of nitriles is 1. The van der Waals surface area contributed by atoms with Gasteiger partial charge in [0.1, 0.15) is 11.3 Å². The van der Waals surface area contributed by atoms with Crippen LogP contribution in [0.15, 0.2) is 61.1 Å². The fourth-order valence-electron chi connectivity index (χ4n) is 3.48. The van der Waals surface area contributed by atoms with Gasteiger partial charge in [0.2, 0.25) is 0 Å². The van der Waals surface area contributed by atoms with Crippen LogP contribution in [0.2, 0.25) is 0 Å². The third kappa shape index (κ3) is 2.90. The lowest BCUT2D eigenvalue weighted by Gasteiger charge is -2.17. The van der Waals surface area contributed by atoms with E-state index in [9.17, 15) is 5.11 Å². The van der Waals surface area contributed by atoms with E-state index in [0.717, 1.165) is 44.8 Å². The summed E-state index contributed by atoms with van der Waals surface area (Å²) in [6.45, 7) is 2.00. The van der Waals surface area contributed by atoms with Crippen LogP contribution in [-0.2, 0) is 6.61 Å². The smallest absolute Gasteiger partial charge is 0.145 e. The first-order valence-electron chi connectivity index (χ1n) is 8.90. The summed E-state index contributed by atoms with van der Waals surface area (Å²) in [5.41, 5.74) is 7.36.